The Morgan fingerprint density at radius 1 is 1.05 bits per heavy atom. The van der Waals surface area contributed by atoms with Crippen molar-refractivity contribution in [3.05, 3.63) is 52.3 Å². The van der Waals surface area contributed by atoms with Crippen LogP contribution in [0.2, 0.25) is 10.0 Å². The number of amides is 1. The Hall–Kier alpha value is -1.78. The third kappa shape index (κ3) is 4.62. The summed E-state index contributed by atoms with van der Waals surface area (Å²) in [5.41, 5.74) is 1.79. The Morgan fingerprint density at radius 2 is 1.71 bits per heavy atom. The van der Waals surface area contributed by atoms with Gasteiger partial charge in [-0.25, -0.2) is 0 Å². The van der Waals surface area contributed by atoms with Gasteiger partial charge in [-0.15, -0.1) is 0 Å². The van der Waals surface area contributed by atoms with E-state index in [4.69, 9.17) is 23.2 Å². The third-order valence-corrected chi connectivity index (χ3v) is 3.01. The van der Waals surface area contributed by atoms with Crippen molar-refractivity contribution in [2.75, 3.05) is 10.6 Å². The van der Waals surface area contributed by atoms with Crippen LogP contribution in [-0.2, 0) is 0 Å². The number of nitrogens with one attached hydrogen (secondary N) is 2. The second-order valence-corrected chi connectivity index (χ2v) is 5.75. The number of aromatic nitrogens is 1. The van der Waals surface area contributed by atoms with Crippen molar-refractivity contribution in [1.82, 2.24) is 4.98 Å². The molecule has 0 aliphatic carbocycles. The average molecular weight is 324 g/mol. The molecule has 4 nitrogen and oxygen atoms in total. The number of carbonyl (C=O) groups is 1. The molecule has 2 rings (SSSR count). The van der Waals surface area contributed by atoms with Gasteiger partial charge < -0.3 is 10.6 Å². The van der Waals surface area contributed by atoms with Crippen LogP contribution in [0.4, 0.5) is 11.4 Å². The molecule has 6 heteroatoms. The van der Waals surface area contributed by atoms with Gasteiger partial charge in [0.05, 0.1) is 11.3 Å². The lowest BCUT2D eigenvalue weighted by molar-refractivity contribution is 0.102. The van der Waals surface area contributed by atoms with Crippen LogP contribution in [-0.4, -0.2) is 16.9 Å². The van der Waals surface area contributed by atoms with Gasteiger partial charge in [0.1, 0.15) is 0 Å². The SMILES string of the molecule is CC(C)Nc1cncc(C(=O)Nc2cc(Cl)cc(Cl)c2)c1. The molecule has 0 aliphatic rings. The number of rotatable bonds is 4. The van der Waals surface area contributed by atoms with Gasteiger partial charge in [-0.05, 0) is 38.1 Å². The molecule has 0 fully saturated rings. The smallest absolute Gasteiger partial charge is 0.257 e. The lowest BCUT2D eigenvalue weighted by Crippen LogP contribution is -2.14. The number of pyridine rings is 1. The molecule has 0 spiro atoms. The summed E-state index contributed by atoms with van der Waals surface area (Å²) in [6.07, 6.45) is 3.18. The lowest BCUT2D eigenvalue weighted by atomic mass is 10.2. The summed E-state index contributed by atoms with van der Waals surface area (Å²) in [5, 5.41) is 6.87. The van der Waals surface area contributed by atoms with E-state index >= 15 is 0 Å². The topological polar surface area (TPSA) is 54.0 Å². The zero-order chi connectivity index (χ0) is 15.4. The number of benzene rings is 1. The van der Waals surface area contributed by atoms with Gasteiger partial charge in [0, 0.05) is 34.2 Å². The first-order valence-electron chi connectivity index (χ1n) is 6.43. The van der Waals surface area contributed by atoms with Gasteiger partial charge in [0.25, 0.3) is 5.91 Å². The van der Waals surface area contributed by atoms with Crippen LogP contribution in [0.15, 0.2) is 36.7 Å². The molecule has 0 saturated heterocycles. The third-order valence-electron chi connectivity index (χ3n) is 2.58. The summed E-state index contributed by atoms with van der Waals surface area (Å²) in [7, 11) is 0. The summed E-state index contributed by atoms with van der Waals surface area (Å²) >= 11 is 11.8. The first kappa shape index (κ1) is 15.6. The van der Waals surface area contributed by atoms with Gasteiger partial charge in [-0.2, -0.15) is 0 Å². The number of hydrogen-bond donors (Lipinski definition) is 2. The Kier molecular flexibility index (Phi) is 5.04. The summed E-state index contributed by atoms with van der Waals surface area (Å²) in [5.74, 6) is -0.270. The normalized spacial score (nSPS) is 10.5. The molecule has 0 atom stereocenters. The lowest BCUT2D eigenvalue weighted by Gasteiger charge is -2.11. The molecule has 1 aromatic carbocycles. The Labute approximate surface area is 133 Å². The van der Waals surface area contributed by atoms with Crippen LogP contribution in [0.25, 0.3) is 0 Å². The van der Waals surface area contributed by atoms with Crippen LogP contribution >= 0.6 is 23.2 Å². The summed E-state index contributed by atoms with van der Waals surface area (Å²) < 4.78 is 0. The molecule has 0 aliphatic heterocycles. The van der Waals surface area contributed by atoms with E-state index in [2.05, 4.69) is 15.6 Å². The second kappa shape index (κ2) is 6.78. The minimum Gasteiger partial charge on any atom is -0.382 e. The van der Waals surface area contributed by atoms with Gasteiger partial charge >= 0.3 is 0 Å². The van der Waals surface area contributed by atoms with E-state index in [-0.39, 0.29) is 11.9 Å². The average Bonchev–Trinajstić information content (AvgIpc) is 2.36. The number of halogens is 2. The fourth-order valence-corrected chi connectivity index (χ4v) is 2.33. The van der Waals surface area contributed by atoms with Crippen molar-refractivity contribution in [1.29, 1.82) is 0 Å². The molecule has 2 N–H and O–H groups in total. The molecule has 0 radical (unpaired) electrons. The highest BCUT2D eigenvalue weighted by molar-refractivity contribution is 6.35. The fourth-order valence-electron chi connectivity index (χ4n) is 1.81. The van der Waals surface area contributed by atoms with Crippen molar-refractivity contribution in [2.45, 2.75) is 19.9 Å². The van der Waals surface area contributed by atoms with Crippen molar-refractivity contribution in [2.24, 2.45) is 0 Å². The van der Waals surface area contributed by atoms with Gasteiger partial charge in [-0.1, -0.05) is 23.2 Å². The first-order chi connectivity index (χ1) is 9.94. The molecule has 1 amide bonds. The zero-order valence-electron chi connectivity index (χ0n) is 11.7. The summed E-state index contributed by atoms with van der Waals surface area (Å²) in [4.78, 5) is 16.3. The summed E-state index contributed by atoms with van der Waals surface area (Å²) in [6, 6.07) is 6.88. The fraction of sp³-hybridized carbons (Fsp3) is 0.200. The van der Waals surface area contributed by atoms with Crippen molar-refractivity contribution < 1.29 is 4.79 Å². The van der Waals surface area contributed by atoms with E-state index in [1.54, 1.807) is 30.5 Å². The van der Waals surface area contributed by atoms with Crippen LogP contribution in [0.5, 0.6) is 0 Å². The van der Waals surface area contributed by atoms with E-state index in [0.717, 1.165) is 5.69 Å². The van der Waals surface area contributed by atoms with Crippen molar-refractivity contribution in [3.63, 3.8) is 0 Å². The number of hydrogen-bond acceptors (Lipinski definition) is 3. The first-order valence-corrected chi connectivity index (χ1v) is 7.18. The minimum atomic E-state index is -0.270. The maximum Gasteiger partial charge on any atom is 0.257 e. The number of anilines is 2. The number of nitrogens with zero attached hydrogens (tertiary/aromatic N) is 1. The molecule has 21 heavy (non-hydrogen) atoms. The minimum absolute atomic E-state index is 0.261. The Bertz CT molecular complexity index is 639. The highest BCUT2D eigenvalue weighted by Gasteiger charge is 2.09. The molecule has 0 bridgehead atoms. The van der Waals surface area contributed by atoms with Crippen molar-refractivity contribution >= 4 is 40.5 Å². The zero-order valence-corrected chi connectivity index (χ0v) is 13.2. The monoisotopic (exact) mass is 323 g/mol. The van der Waals surface area contributed by atoms with Crippen LogP contribution in [0.1, 0.15) is 24.2 Å². The molecule has 0 saturated carbocycles. The van der Waals surface area contributed by atoms with E-state index in [9.17, 15) is 4.79 Å². The second-order valence-electron chi connectivity index (χ2n) is 4.87. The van der Waals surface area contributed by atoms with Crippen molar-refractivity contribution in [3.8, 4) is 0 Å². The predicted molar refractivity (Wildman–Crippen MR) is 87.4 cm³/mol. The Balaban J connectivity index is 2.16. The quantitative estimate of drug-likeness (QED) is 0.873. The standard InChI is InChI=1S/C15H15Cl2N3O/c1-9(2)19-14-3-10(7-18-8-14)15(21)20-13-5-11(16)4-12(17)6-13/h3-9,19H,1-2H3,(H,20,21). The van der Waals surface area contributed by atoms with E-state index < -0.39 is 0 Å². The van der Waals surface area contributed by atoms with Gasteiger partial charge in [0.15, 0.2) is 0 Å². The van der Waals surface area contributed by atoms with E-state index in [1.807, 2.05) is 13.8 Å². The summed E-state index contributed by atoms with van der Waals surface area (Å²) in [6.45, 7) is 4.03. The molecular weight excluding hydrogens is 309 g/mol. The number of carbonyl (C=O) groups excluding carboxylic acids is 1. The molecular formula is C15H15Cl2N3O. The predicted octanol–water partition coefficient (Wildman–Crippen LogP) is 4.46. The highest BCUT2D eigenvalue weighted by Crippen LogP contribution is 2.23. The molecule has 2 aromatic rings. The molecule has 0 unspecified atom stereocenters. The van der Waals surface area contributed by atoms with E-state index in [1.165, 1.54) is 6.20 Å². The molecule has 110 valence electrons. The molecule has 1 aromatic heterocycles. The van der Waals surface area contributed by atoms with Gasteiger partial charge in [0.2, 0.25) is 0 Å². The van der Waals surface area contributed by atoms with Crippen LogP contribution in [0.3, 0.4) is 0 Å². The Morgan fingerprint density at radius 3 is 2.33 bits per heavy atom. The van der Waals surface area contributed by atoms with Crippen LogP contribution < -0.4 is 10.6 Å². The maximum atomic E-state index is 12.2. The highest BCUT2D eigenvalue weighted by atomic mass is 35.5. The van der Waals surface area contributed by atoms with E-state index in [0.29, 0.717) is 21.3 Å². The maximum absolute atomic E-state index is 12.2. The largest absolute Gasteiger partial charge is 0.382 e. The van der Waals surface area contributed by atoms with Gasteiger partial charge in [-0.3, -0.25) is 9.78 Å². The molecule has 1 heterocycles. The van der Waals surface area contributed by atoms with Crippen LogP contribution in [0, 0.1) is 0 Å².